The SMILES string of the molecule is CCc1ccc(-c2noc(C3=C(C)N(c4cccc(CC)c4)C(=O)NC3c3ccc(C)cc3)n2)cc1. The van der Waals surface area contributed by atoms with Gasteiger partial charge in [-0.1, -0.05) is 85.2 Å². The first kappa shape index (κ1) is 23.5. The fourth-order valence-electron chi connectivity index (χ4n) is 4.60. The number of aryl methyl sites for hydroxylation is 3. The van der Waals surface area contributed by atoms with Gasteiger partial charge < -0.3 is 9.84 Å². The fourth-order valence-corrected chi connectivity index (χ4v) is 4.60. The molecule has 2 amide bonds. The molecular weight excluding hydrogens is 448 g/mol. The van der Waals surface area contributed by atoms with Crippen LogP contribution in [-0.4, -0.2) is 16.2 Å². The molecule has 36 heavy (non-hydrogen) atoms. The van der Waals surface area contributed by atoms with Crippen molar-refractivity contribution in [3.05, 3.63) is 107 Å². The first-order chi connectivity index (χ1) is 17.5. The number of nitrogens with one attached hydrogen (secondary N) is 1. The maximum absolute atomic E-state index is 13.4. The van der Waals surface area contributed by atoms with Gasteiger partial charge in [0, 0.05) is 11.3 Å². The molecule has 1 N–H and O–H groups in total. The Bertz CT molecular complexity index is 1420. The van der Waals surface area contributed by atoms with Crippen molar-refractivity contribution < 1.29 is 9.32 Å². The van der Waals surface area contributed by atoms with Gasteiger partial charge in [0.1, 0.15) is 0 Å². The predicted molar refractivity (Wildman–Crippen MR) is 142 cm³/mol. The summed E-state index contributed by atoms with van der Waals surface area (Å²) in [5, 5.41) is 7.47. The van der Waals surface area contributed by atoms with E-state index in [1.807, 2.05) is 68.4 Å². The summed E-state index contributed by atoms with van der Waals surface area (Å²) in [7, 11) is 0. The van der Waals surface area contributed by atoms with Crippen molar-refractivity contribution in [1.82, 2.24) is 15.5 Å². The maximum Gasteiger partial charge on any atom is 0.326 e. The molecule has 182 valence electrons. The van der Waals surface area contributed by atoms with Gasteiger partial charge >= 0.3 is 6.03 Å². The third kappa shape index (κ3) is 4.42. The summed E-state index contributed by atoms with van der Waals surface area (Å²) in [5.41, 5.74) is 7.75. The molecule has 1 aliphatic rings. The second kappa shape index (κ2) is 9.82. The average molecular weight is 479 g/mol. The second-order valence-corrected chi connectivity index (χ2v) is 9.12. The molecule has 4 aromatic rings. The molecule has 0 saturated heterocycles. The Balaban J connectivity index is 1.63. The standard InChI is InChI=1S/C30H30N4O2/c1-5-21-12-16-24(17-13-21)28-32-29(36-33-28)26-20(4)34(25-9-7-8-22(6-2)18-25)30(35)31-27(26)23-14-10-19(3)11-15-23/h7-18,27H,5-6H2,1-4H3,(H,31,35). The number of carbonyl (C=O) groups excluding carboxylic acids is 1. The zero-order valence-electron chi connectivity index (χ0n) is 21.1. The van der Waals surface area contributed by atoms with Gasteiger partial charge in [-0.25, -0.2) is 4.79 Å². The van der Waals surface area contributed by atoms with E-state index < -0.39 is 6.04 Å². The zero-order valence-corrected chi connectivity index (χ0v) is 21.1. The van der Waals surface area contributed by atoms with Crippen molar-refractivity contribution in [2.75, 3.05) is 4.90 Å². The number of rotatable bonds is 6. The van der Waals surface area contributed by atoms with Crippen molar-refractivity contribution in [2.24, 2.45) is 0 Å². The van der Waals surface area contributed by atoms with Crippen LogP contribution in [0.15, 0.2) is 83.0 Å². The van der Waals surface area contributed by atoms with E-state index in [2.05, 4.69) is 42.5 Å². The van der Waals surface area contributed by atoms with Gasteiger partial charge in [0.15, 0.2) is 0 Å². The first-order valence-electron chi connectivity index (χ1n) is 12.4. The van der Waals surface area contributed by atoms with Gasteiger partial charge in [0.25, 0.3) is 5.89 Å². The Hall–Kier alpha value is -4.19. The molecule has 1 aliphatic heterocycles. The number of anilines is 1. The topological polar surface area (TPSA) is 71.3 Å². The number of carbonyl (C=O) groups is 1. The summed E-state index contributed by atoms with van der Waals surface area (Å²) in [4.78, 5) is 19.9. The predicted octanol–water partition coefficient (Wildman–Crippen LogP) is 6.87. The largest absolute Gasteiger partial charge is 0.334 e. The summed E-state index contributed by atoms with van der Waals surface area (Å²) in [6.07, 6.45) is 1.85. The van der Waals surface area contributed by atoms with E-state index in [1.54, 1.807) is 4.90 Å². The summed E-state index contributed by atoms with van der Waals surface area (Å²) < 4.78 is 5.83. The lowest BCUT2D eigenvalue weighted by atomic mass is 9.93. The van der Waals surface area contributed by atoms with E-state index in [4.69, 9.17) is 9.51 Å². The lowest BCUT2D eigenvalue weighted by Gasteiger charge is -2.35. The van der Waals surface area contributed by atoms with Crippen LogP contribution in [-0.2, 0) is 12.8 Å². The summed E-state index contributed by atoms with van der Waals surface area (Å²) >= 11 is 0. The lowest BCUT2D eigenvalue weighted by molar-refractivity contribution is 0.244. The van der Waals surface area contributed by atoms with E-state index >= 15 is 0 Å². The van der Waals surface area contributed by atoms with Crippen molar-refractivity contribution in [2.45, 2.75) is 46.6 Å². The highest BCUT2D eigenvalue weighted by Crippen LogP contribution is 2.39. The molecule has 2 heterocycles. The number of amides is 2. The number of aromatic nitrogens is 2. The van der Waals surface area contributed by atoms with Gasteiger partial charge in [-0.3, -0.25) is 4.90 Å². The minimum Gasteiger partial charge on any atom is -0.334 e. The van der Waals surface area contributed by atoms with Crippen LogP contribution in [0.3, 0.4) is 0 Å². The maximum atomic E-state index is 13.4. The molecule has 0 radical (unpaired) electrons. The highest BCUT2D eigenvalue weighted by molar-refractivity contribution is 6.01. The first-order valence-corrected chi connectivity index (χ1v) is 12.4. The Morgan fingerprint density at radius 3 is 2.33 bits per heavy atom. The molecule has 5 rings (SSSR count). The Morgan fingerprint density at radius 1 is 0.917 bits per heavy atom. The van der Waals surface area contributed by atoms with Crippen LogP contribution in [0.25, 0.3) is 17.0 Å². The van der Waals surface area contributed by atoms with Gasteiger partial charge in [-0.15, -0.1) is 0 Å². The van der Waals surface area contributed by atoms with Crippen LogP contribution in [0.5, 0.6) is 0 Å². The van der Waals surface area contributed by atoms with E-state index in [9.17, 15) is 4.79 Å². The van der Waals surface area contributed by atoms with E-state index in [1.165, 1.54) is 5.56 Å². The minimum absolute atomic E-state index is 0.190. The van der Waals surface area contributed by atoms with Gasteiger partial charge in [0.2, 0.25) is 5.82 Å². The highest BCUT2D eigenvalue weighted by atomic mass is 16.5. The number of allylic oxidation sites excluding steroid dienone is 1. The smallest absolute Gasteiger partial charge is 0.326 e. The molecule has 6 heteroatoms. The number of hydrogen-bond donors (Lipinski definition) is 1. The molecule has 3 aromatic carbocycles. The molecule has 0 fully saturated rings. The van der Waals surface area contributed by atoms with Crippen molar-refractivity contribution in [1.29, 1.82) is 0 Å². The van der Waals surface area contributed by atoms with Crippen LogP contribution in [0.2, 0.25) is 0 Å². The quantitative estimate of drug-likeness (QED) is 0.328. The summed E-state index contributed by atoms with van der Waals surface area (Å²) in [6, 6.07) is 23.7. The third-order valence-electron chi connectivity index (χ3n) is 6.75. The molecule has 1 atom stereocenters. The summed E-state index contributed by atoms with van der Waals surface area (Å²) in [6.45, 7) is 8.21. The Labute approximate surface area is 211 Å². The van der Waals surface area contributed by atoms with Crippen LogP contribution in [0.1, 0.15) is 55.0 Å². The van der Waals surface area contributed by atoms with Gasteiger partial charge in [-0.05, 0) is 55.5 Å². The van der Waals surface area contributed by atoms with E-state index in [0.29, 0.717) is 11.7 Å². The molecule has 6 nitrogen and oxygen atoms in total. The summed E-state index contributed by atoms with van der Waals surface area (Å²) in [5.74, 6) is 0.913. The van der Waals surface area contributed by atoms with Crippen LogP contribution >= 0.6 is 0 Å². The molecule has 1 unspecified atom stereocenters. The van der Waals surface area contributed by atoms with E-state index in [-0.39, 0.29) is 6.03 Å². The molecule has 0 aliphatic carbocycles. The monoisotopic (exact) mass is 478 g/mol. The number of nitrogens with zero attached hydrogens (tertiary/aromatic N) is 3. The van der Waals surface area contributed by atoms with Crippen molar-refractivity contribution >= 4 is 17.3 Å². The third-order valence-corrected chi connectivity index (χ3v) is 6.75. The van der Waals surface area contributed by atoms with Crippen LogP contribution < -0.4 is 10.2 Å². The van der Waals surface area contributed by atoms with Crippen molar-refractivity contribution in [3.8, 4) is 11.4 Å². The molecule has 0 bridgehead atoms. The highest BCUT2D eigenvalue weighted by Gasteiger charge is 2.36. The zero-order chi connectivity index (χ0) is 25.2. The van der Waals surface area contributed by atoms with Crippen LogP contribution in [0, 0.1) is 6.92 Å². The number of benzene rings is 3. The Morgan fingerprint density at radius 2 is 1.64 bits per heavy atom. The number of urea groups is 1. The molecule has 0 spiro atoms. The van der Waals surface area contributed by atoms with Crippen molar-refractivity contribution in [3.63, 3.8) is 0 Å². The molecule has 0 saturated carbocycles. The normalized spacial score (nSPS) is 15.8. The van der Waals surface area contributed by atoms with Gasteiger partial charge in [0.05, 0.1) is 17.3 Å². The number of hydrogen-bond acceptors (Lipinski definition) is 4. The lowest BCUT2D eigenvalue weighted by Crippen LogP contribution is -2.46. The molecular formula is C30H30N4O2. The van der Waals surface area contributed by atoms with Crippen LogP contribution in [0.4, 0.5) is 10.5 Å². The van der Waals surface area contributed by atoms with Gasteiger partial charge in [-0.2, -0.15) is 4.98 Å². The second-order valence-electron chi connectivity index (χ2n) is 9.12. The van der Waals surface area contributed by atoms with E-state index in [0.717, 1.165) is 52.1 Å². The molecule has 1 aromatic heterocycles. The average Bonchev–Trinajstić information content (AvgIpc) is 3.39. The fraction of sp³-hybridized carbons (Fsp3) is 0.233. The Kier molecular flexibility index (Phi) is 6.42. The minimum atomic E-state index is -0.417.